The van der Waals surface area contributed by atoms with Crippen LogP contribution in [0.5, 0.6) is 0 Å². The van der Waals surface area contributed by atoms with Gasteiger partial charge in [-0.15, -0.1) is 0 Å². The van der Waals surface area contributed by atoms with Crippen molar-refractivity contribution in [2.24, 2.45) is 0 Å². The molecule has 1 N–H and O–H groups in total. The highest BCUT2D eigenvalue weighted by Crippen LogP contribution is 2.19. The average Bonchev–Trinajstić information content (AvgIpc) is 2.70. The lowest BCUT2D eigenvalue weighted by Crippen LogP contribution is -2.29. The summed E-state index contributed by atoms with van der Waals surface area (Å²) in [7, 11) is 0. The van der Waals surface area contributed by atoms with E-state index in [9.17, 15) is 0 Å². The molecule has 0 amide bonds. The van der Waals surface area contributed by atoms with Crippen LogP contribution < -0.4 is 5.32 Å². The van der Waals surface area contributed by atoms with Crippen LogP contribution in [0, 0.1) is 0 Å². The lowest BCUT2D eigenvalue weighted by Gasteiger charge is -2.19. The van der Waals surface area contributed by atoms with Crippen molar-refractivity contribution in [2.45, 2.75) is 31.8 Å². The maximum absolute atomic E-state index is 5.85. The number of aromatic nitrogens is 1. The molecule has 15 heavy (non-hydrogen) atoms. The Hall–Kier alpha value is -0.860. The fourth-order valence-electron chi connectivity index (χ4n) is 1.89. The first-order valence-corrected chi connectivity index (χ1v) is 5.66. The summed E-state index contributed by atoms with van der Waals surface area (Å²) in [6, 6.07) is 4.83. The minimum absolute atomic E-state index is 0.329. The van der Waals surface area contributed by atoms with Crippen molar-refractivity contribution in [3.05, 3.63) is 41.2 Å². The van der Waals surface area contributed by atoms with Crippen LogP contribution in [0.15, 0.2) is 30.5 Å². The summed E-state index contributed by atoms with van der Waals surface area (Å²) in [6.07, 6.45) is 8.46. The first-order chi connectivity index (χ1) is 7.25. The van der Waals surface area contributed by atoms with Crippen molar-refractivity contribution in [1.82, 2.24) is 10.3 Å². The molecule has 2 rings (SSSR count). The molecule has 0 saturated carbocycles. The second-order valence-electron chi connectivity index (χ2n) is 3.94. The molecule has 0 spiro atoms. The maximum Gasteiger partial charge on any atom is 0.129 e. The van der Waals surface area contributed by atoms with Gasteiger partial charge in [-0.05, 0) is 37.5 Å². The molecule has 0 radical (unpaired) electrons. The molecule has 0 aromatic carbocycles. The predicted molar refractivity (Wildman–Crippen MR) is 63.0 cm³/mol. The van der Waals surface area contributed by atoms with E-state index in [0.29, 0.717) is 17.2 Å². The van der Waals surface area contributed by atoms with Gasteiger partial charge in [-0.3, -0.25) is 0 Å². The average molecular weight is 223 g/mol. The smallest absolute Gasteiger partial charge is 0.129 e. The van der Waals surface area contributed by atoms with Crippen LogP contribution in [0.2, 0.25) is 5.15 Å². The summed E-state index contributed by atoms with van der Waals surface area (Å²) in [5.74, 6) is 0. The third-order valence-corrected chi connectivity index (χ3v) is 2.95. The van der Waals surface area contributed by atoms with Crippen molar-refractivity contribution in [2.75, 3.05) is 0 Å². The van der Waals surface area contributed by atoms with Crippen LogP contribution >= 0.6 is 11.6 Å². The Morgan fingerprint density at radius 1 is 1.47 bits per heavy atom. The summed E-state index contributed by atoms with van der Waals surface area (Å²) >= 11 is 5.85. The van der Waals surface area contributed by atoms with E-state index in [4.69, 9.17) is 11.6 Å². The van der Waals surface area contributed by atoms with Gasteiger partial charge in [0.05, 0.1) is 0 Å². The first-order valence-electron chi connectivity index (χ1n) is 5.28. The number of hydrogen-bond donors (Lipinski definition) is 1. The van der Waals surface area contributed by atoms with Gasteiger partial charge in [-0.25, -0.2) is 4.98 Å². The summed E-state index contributed by atoms with van der Waals surface area (Å²) < 4.78 is 0. The zero-order valence-electron chi connectivity index (χ0n) is 8.78. The fourth-order valence-corrected chi connectivity index (χ4v) is 2.07. The fraction of sp³-hybridized carbons (Fsp3) is 0.417. The molecule has 3 heteroatoms. The van der Waals surface area contributed by atoms with Crippen molar-refractivity contribution in [3.63, 3.8) is 0 Å². The van der Waals surface area contributed by atoms with Crippen LogP contribution in [-0.4, -0.2) is 11.0 Å². The van der Waals surface area contributed by atoms with Gasteiger partial charge in [0.2, 0.25) is 0 Å². The molecule has 0 aliphatic heterocycles. The topological polar surface area (TPSA) is 24.9 Å². The largest absolute Gasteiger partial charge is 0.307 e. The molecule has 1 aromatic heterocycles. The van der Waals surface area contributed by atoms with Crippen LogP contribution in [-0.2, 0) is 0 Å². The maximum atomic E-state index is 5.85. The van der Waals surface area contributed by atoms with E-state index in [1.54, 1.807) is 6.20 Å². The van der Waals surface area contributed by atoms with Gasteiger partial charge in [0.15, 0.2) is 0 Å². The molecule has 1 heterocycles. The minimum Gasteiger partial charge on any atom is -0.307 e. The zero-order valence-corrected chi connectivity index (χ0v) is 9.54. The summed E-state index contributed by atoms with van der Waals surface area (Å²) in [5.41, 5.74) is 1.20. The van der Waals surface area contributed by atoms with E-state index in [2.05, 4.69) is 29.4 Å². The normalized spacial score (nSPS) is 18.3. The molecule has 0 saturated heterocycles. The van der Waals surface area contributed by atoms with Crippen molar-refractivity contribution in [3.8, 4) is 0 Å². The predicted octanol–water partition coefficient (Wildman–Crippen LogP) is 3.10. The number of pyridine rings is 1. The number of nitrogens with zero attached hydrogens (tertiary/aromatic N) is 1. The molecule has 0 bridgehead atoms. The molecular formula is C12H15ClN2. The van der Waals surface area contributed by atoms with Gasteiger partial charge < -0.3 is 5.32 Å². The van der Waals surface area contributed by atoms with E-state index in [0.717, 1.165) is 12.8 Å². The molecule has 2 nitrogen and oxygen atoms in total. The van der Waals surface area contributed by atoms with Gasteiger partial charge in [0.1, 0.15) is 5.15 Å². The Morgan fingerprint density at radius 3 is 2.87 bits per heavy atom. The highest BCUT2D eigenvalue weighted by Gasteiger charge is 2.14. The highest BCUT2D eigenvalue weighted by atomic mass is 35.5. The summed E-state index contributed by atoms with van der Waals surface area (Å²) in [4.78, 5) is 3.98. The van der Waals surface area contributed by atoms with Crippen LogP contribution in [0.1, 0.15) is 31.4 Å². The Morgan fingerprint density at radius 2 is 2.20 bits per heavy atom. The number of rotatable bonds is 3. The third-order valence-electron chi connectivity index (χ3n) is 2.74. The highest BCUT2D eigenvalue weighted by molar-refractivity contribution is 6.29. The van der Waals surface area contributed by atoms with Crippen molar-refractivity contribution >= 4 is 11.6 Å². The van der Waals surface area contributed by atoms with Crippen molar-refractivity contribution < 1.29 is 0 Å². The second-order valence-corrected chi connectivity index (χ2v) is 4.33. The Labute approximate surface area is 95.4 Å². The SMILES string of the molecule is CC(NC1CC=CC1)c1ccnc(Cl)c1. The van der Waals surface area contributed by atoms with Gasteiger partial charge in [-0.2, -0.15) is 0 Å². The number of nitrogens with one attached hydrogen (secondary N) is 1. The molecule has 1 atom stereocenters. The summed E-state index contributed by atoms with van der Waals surface area (Å²) in [5, 5.41) is 4.13. The number of halogens is 1. The zero-order chi connectivity index (χ0) is 10.7. The second kappa shape index (κ2) is 4.77. The van der Waals surface area contributed by atoms with Gasteiger partial charge in [0.25, 0.3) is 0 Å². The van der Waals surface area contributed by atoms with Crippen molar-refractivity contribution in [1.29, 1.82) is 0 Å². The number of hydrogen-bond acceptors (Lipinski definition) is 2. The van der Waals surface area contributed by atoms with E-state index in [1.807, 2.05) is 12.1 Å². The van der Waals surface area contributed by atoms with Crippen LogP contribution in [0.3, 0.4) is 0 Å². The molecule has 0 fully saturated rings. The van der Waals surface area contributed by atoms with Crippen LogP contribution in [0.25, 0.3) is 0 Å². The van der Waals surface area contributed by atoms with Gasteiger partial charge in [0, 0.05) is 18.3 Å². The molecular weight excluding hydrogens is 208 g/mol. The molecule has 1 aliphatic carbocycles. The molecule has 1 aliphatic rings. The minimum atomic E-state index is 0.329. The standard InChI is InChI=1S/C12H15ClN2/c1-9(15-11-4-2-3-5-11)10-6-7-14-12(13)8-10/h2-3,6-9,11,15H,4-5H2,1H3. The van der Waals surface area contributed by atoms with E-state index < -0.39 is 0 Å². The van der Waals surface area contributed by atoms with E-state index in [1.165, 1.54) is 5.56 Å². The molecule has 1 unspecified atom stereocenters. The summed E-state index contributed by atoms with van der Waals surface area (Å²) in [6.45, 7) is 2.16. The van der Waals surface area contributed by atoms with Gasteiger partial charge in [-0.1, -0.05) is 23.8 Å². The third kappa shape index (κ3) is 2.80. The lowest BCUT2D eigenvalue weighted by atomic mass is 10.1. The first kappa shape index (κ1) is 10.7. The Kier molecular flexibility index (Phi) is 3.39. The lowest BCUT2D eigenvalue weighted by molar-refractivity contribution is 0.471. The van der Waals surface area contributed by atoms with E-state index >= 15 is 0 Å². The monoisotopic (exact) mass is 222 g/mol. The molecule has 80 valence electrons. The molecule has 1 aromatic rings. The van der Waals surface area contributed by atoms with E-state index in [-0.39, 0.29) is 0 Å². The quantitative estimate of drug-likeness (QED) is 0.628. The van der Waals surface area contributed by atoms with Crippen LogP contribution in [0.4, 0.5) is 0 Å². The van der Waals surface area contributed by atoms with Gasteiger partial charge >= 0.3 is 0 Å². The Bertz CT molecular complexity index is 354. The Balaban J connectivity index is 1.98.